The average Bonchev–Trinajstić information content (AvgIpc) is 1.65. The lowest BCUT2D eigenvalue weighted by atomic mass is 10.1. The second kappa shape index (κ2) is 2.77. The fourth-order valence-corrected chi connectivity index (χ4v) is 0.444. The summed E-state index contributed by atoms with van der Waals surface area (Å²) in [6.07, 6.45) is 0.339. The molecule has 0 aliphatic carbocycles. The van der Waals surface area contributed by atoms with Crippen LogP contribution in [0.25, 0.3) is 0 Å². The average molecular weight is 136 g/mol. The van der Waals surface area contributed by atoms with Crippen LogP contribution in [0, 0.1) is 18.3 Å². The monoisotopic (exact) mass is 136 g/mol. The van der Waals surface area contributed by atoms with Crippen LogP contribution in [0.2, 0.25) is 0 Å². The minimum atomic E-state index is -4.22. The van der Waals surface area contributed by atoms with Crippen molar-refractivity contribution < 1.29 is 13.2 Å². The quantitative estimate of drug-likeness (QED) is 0.485. The van der Waals surface area contributed by atoms with E-state index in [9.17, 15) is 13.2 Å². The molecule has 0 fully saturated rings. The van der Waals surface area contributed by atoms with Crippen LogP contribution in [0.15, 0.2) is 0 Å². The number of terminal acetylenes is 1. The molecule has 0 radical (unpaired) electrons. The summed E-state index contributed by atoms with van der Waals surface area (Å²) in [6.45, 7) is 1.41. The lowest BCUT2D eigenvalue weighted by molar-refractivity contribution is -0.158. The standard InChI is InChI=1S/C6H7F3/c1-3-5(4-2)6(7,8)9/h1,5H,4H2,2H3. The molecule has 0 aliphatic rings. The molecule has 3 heteroatoms. The number of hydrogen-bond donors (Lipinski definition) is 0. The Hall–Kier alpha value is -0.650. The van der Waals surface area contributed by atoms with Crippen molar-refractivity contribution in [3.8, 4) is 12.3 Å². The second-order valence-corrected chi connectivity index (χ2v) is 1.67. The van der Waals surface area contributed by atoms with Gasteiger partial charge in [0.25, 0.3) is 0 Å². The summed E-state index contributed by atoms with van der Waals surface area (Å²) >= 11 is 0. The summed E-state index contributed by atoms with van der Waals surface area (Å²) in [5, 5.41) is 0. The van der Waals surface area contributed by atoms with Crippen molar-refractivity contribution in [3.63, 3.8) is 0 Å². The fraction of sp³-hybridized carbons (Fsp3) is 0.667. The van der Waals surface area contributed by atoms with Gasteiger partial charge in [-0.05, 0) is 6.42 Å². The molecule has 9 heavy (non-hydrogen) atoms. The van der Waals surface area contributed by atoms with E-state index in [2.05, 4.69) is 6.42 Å². The van der Waals surface area contributed by atoms with Crippen molar-refractivity contribution in [2.45, 2.75) is 19.5 Å². The van der Waals surface area contributed by atoms with E-state index in [4.69, 9.17) is 0 Å². The Balaban J connectivity index is 4.00. The first-order chi connectivity index (χ1) is 4.02. The predicted octanol–water partition coefficient (Wildman–Crippen LogP) is 2.21. The molecule has 1 atom stereocenters. The van der Waals surface area contributed by atoms with Gasteiger partial charge in [-0.3, -0.25) is 0 Å². The van der Waals surface area contributed by atoms with Crippen molar-refractivity contribution >= 4 is 0 Å². The van der Waals surface area contributed by atoms with Crippen LogP contribution in [-0.2, 0) is 0 Å². The molecule has 0 saturated carbocycles. The van der Waals surface area contributed by atoms with Crippen molar-refractivity contribution in [2.24, 2.45) is 5.92 Å². The lowest BCUT2D eigenvalue weighted by Crippen LogP contribution is -2.19. The summed E-state index contributed by atoms with van der Waals surface area (Å²) in [4.78, 5) is 0. The van der Waals surface area contributed by atoms with Gasteiger partial charge in [-0.25, -0.2) is 0 Å². The highest BCUT2D eigenvalue weighted by Crippen LogP contribution is 2.27. The van der Waals surface area contributed by atoms with Gasteiger partial charge in [0.2, 0.25) is 0 Å². The Morgan fingerprint density at radius 1 is 1.56 bits per heavy atom. The summed E-state index contributed by atoms with van der Waals surface area (Å²) in [7, 11) is 0. The third-order valence-corrected chi connectivity index (χ3v) is 1.00. The Kier molecular flexibility index (Phi) is 2.57. The van der Waals surface area contributed by atoms with Gasteiger partial charge in [-0.1, -0.05) is 12.8 Å². The highest BCUT2D eigenvalue weighted by molar-refractivity contribution is 4.95. The Morgan fingerprint density at radius 2 is 2.00 bits per heavy atom. The van der Waals surface area contributed by atoms with Crippen LogP contribution in [0.4, 0.5) is 13.2 Å². The first-order valence-corrected chi connectivity index (χ1v) is 2.55. The molecule has 0 heterocycles. The van der Waals surface area contributed by atoms with E-state index >= 15 is 0 Å². The first-order valence-electron chi connectivity index (χ1n) is 2.55. The van der Waals surface area contributed by atoms with Crippen molar-refractivity contribution in [3.05, 3.63) is 0 Å². The van der Waals surface area contributed by atoms with Crippen LogP contribution in [-0.4, -0.2) is 6.18 Å². The molecule has 0 bridgehead atoms. The van der Waals surface area contributed by atoms with E-state index in [1.807, 2.05) is 0 Å². The van der Waals surface area contributed by atoms with E-state index in [1.165, 1.54) is 6.92 Å². The molecule has 0 aromatic carbocycles. The minimum absolute atomic E-state index is 0.0417. The zero-order valence-electron chi connectivity index (χ0n) is 5.00. The van der Waals surface area contributed by atoms with Crippen LogP contribution in [0.5, 0.6) is 0 Å². The molecular formula is C6H7F3. The van der Waals surface area contributed by atoms with Gasteiger partial charge in [0.15, 0.2) is 0 Å². The van der Waals surface area contributed by atoms with Crippen molar-refractivity contribution in [1.29, 1.82) is 0 Å². The number of alkyl halides is 3. The summed E-state index contributed by atoms with van der Waals surface area (Å²) in [6, 6.07) is 0. The topological polar surface area (TPSA) is 0 Å². The van der Waals surface area contributed by atoms with Crippen molar-refractivity contribution in [2.75, 3.05) is 0 Å². The molecule has 0 aliphatic heterocycles. The molecule has 52 valence electrons. The van der Waals surface area contributed by atoms with E-state index in [0.717, 1.165) is 0 Å². The molecule has 0 aromatic heterocycles. The van der Waals surface area contributed by atoms with E-state index < -0.39 is 12.1 Å². The second-order valence-electron chi connectivity index (χ2n) is 1.67. The van der Waals surface area contributed by atoms with Crippen LogP contribution in [0.1, 0.15) is 13.3 Å². The minimum Gasteiger partial charge on any atom is -0.170 e. The number of halogens is 3. The molecular weight excluding hydrogens is 129 g/mol. The van der Waals surface area contributed by atoms with Gasteiger partial charge >= 0.3 is 6.18 Å². The maximum absolute atomic E-state index is 11.6. The van der Waals surface area contributed by atoms with E-state index in [0.29, 0.717) is 0 Å². The highest BCUT2D eigenvalue weighted by atomic mass is 19.4. The van der Waals surface area contributed by atoms with Crippen LogP contribution < -0.4 is 0 Å². The maximum atomic E-state index is 11.6. The van der Waals surface area contributed by atoms with E-state index in [-0.39, 0.29) is 6.42 Å². The molecule has 0 amide bonds. The van der Waals surface area contributed by atoms with Gasteiger partial charge in [0.1, 0.15) is 5.92 Å². The van der Waals surface area contributed by atoms with Gasteiger partial charge in [-0.2, -0.15) is 13.2 Å². The molecule has 0 N–H and O–H groups in total. The Morgan fingerprint density at radius 3 is 2.00 bits per heavy atom. The maximum Gasteiger partial charge on any atom is 0.402 e. The fourth-order valence-electron chi connectivity index (χ4n) is 0.444. The third-order valence-electron chi connectivity index (χ3n) is 1.00. The highest BCUT2D eigenvalue weighted by Gasteiger charge is 2.36. The zero-order chi connectivity index (χ0) is 7.49. The predicted molar refractivity (Wildman–Crippen MR) is 28.7 cm³/mol. The zero-order valence-corrected chi connectivity index (χ0v) is 5.00. The summed E-state index contributed by atoms with van der Waals surface area (Å²) in [5.74, 6) is 0.0949. The SMILES string of the molecule is C#CC(CC)C(F)(F)F. The summed E-state index contributed by atoms with van der Waals surface area (Å²) in [5.41, 5.74) is 0. The molecule has 0 aromatic rings. The lowest BCUT2D eigenvalue weighted by Gasteiger charge is -2.10. The van der Waals surface area contributed by atoms with Gasteiger partial charge < -0.3 is 0 Å². The first kappa shape index (κ1) is 8.35. The Labute approximate surface area is 52.1 Å². The largest absolute Gasteiger partial charge is 0.402 e. The number of hydrogen-bond acceptors (Lipinski definition) is 0. The molecule has 0 rings (SSSR count). The Bertz CT molecular complexity index is 117. The normalized spacial score (nSPS) is 14.6. The molecule has 0 saturated heterocycles. The van der Waals surface area contributed by atoms with Crippen molar-refractivity contribution in [1.82, 2.24) is 0 Å². The molecule has 1 unspecified atom stereocenters. The smallest absolute Gasteiger partial charge is 0.170 e. The van der Waals surface area contributed by atoms with Crippen LogP contribution >= 0.6 is 0 Å². The van der Waals surface area contributed by atoms with Gasteiger partial charge in [0, 0.05) is 0 Å². The molecule has 0 nitrogen and oxygen atoms in total. The molecule has 0 spiro atoms. The van der Waals surface area contributed by atoms with Gasteiger partial charge in [-0.15, -0.1) is 6.42 Å². The van der Waals surface area contributed by atoms with Crippen LogP contribution in [0.3, 0.4) is 0 Å². The third kappa shape index (κ3) is 2.41. The summed E-state index contributed by atoms with van der Waals surface area (Å²) < 4.78 is 34.7. The van der Waals surface area contributed by atoms with Gasteiger partial charge in [0.05, 0.1) is 0 Å². The number of rotatable bonds is 1. The van der Waals surface area contributed by atoms with E-state index in [1.54, 1.807) is 5.92 Å².